The quantitative estimate of drug-likeness (QED) is 0.871. The van der Waals surface area contributed by atoms with Crippen LogP contribution in [0.1, 0.15) is 19.9 Å². The first-order valence-corrected chi connectivity index (χ1v) is 6.44. The summed E-state index contributed by atoms with van der Waals surface area (Å²) in [6.45, 7) is 4.22. The Balaban J connectivity index is 2.49. The lowest BCUT2D eigenvalue weighted by atomic mass is 10.3. The van der Waals surface area contributed by atoms with E-state index in [4.69, 9.17) is 0 Å². The van der Waals surface area contributed by atoms with Gasteiger partial charge in [0.2, 0.25) is 0 Å². The highest BCUT2D eigenvalue weighted by atomic mass is 127. The standard InChI is InChI=1S/C11H14IN5/c1-7(2)17-6-14-5-9(17)11-15-4-8(12)10(13-3)16-11/h4-7H,1-3H3,(H,13,15,16). The molecule has 2 aromatic rings. The van der Waals surface area contributed by atoms with Crippen LogP contribution in [0.25, 0.3) is 11.5 Å². The van der Waals surface area contributed by atoms with E-state index in [2.05, 4.69) is 61.3 Å². The van der Waals surface area contributed by atoms with E-state index in [1.165, 1.54) is 0 Å². The molecule has 0 atom stereocenters. The zero-order chi connectivity index (χ0) is 12.4. The minimum absolute atomic E-state index is 0.341. The fraction of sp³-hybridized carbons (Fsp3) is 0.364. The highest BCUT2D eigenvalue weighted by molar-refractivity contribution is 14.1. The van der Waals surface area contributed by atoms with Crippen molar-refractivity contribution in [2.75, 3.05) is 12.4 Å². The summed E-state index contributed by atoms with van der Waals surface area (Å²) in [5.74, 6) is 1.54. The zero-order valence-electron chi connectivity index (χ0n) is 9.98. The number of hydrogen-bond donors (Lipinski definition) is 1. The van der Waals surface area contributed by atoms with E-state index >= 15 is 0 Å². The smallest absolute Gasteiger partial charge is 0.179 e. The summed E-state index contributed by atoms with van der Waals surface area (Å²) in [4.78, 5) is 13.0. The van der Waals surface area contributed by atoms with Crippen LogP contribution in [-0.2, 0) is 0 Å². The van der Waals surface area contributed by atoms with Gasteiger partial charge in [0, 0.05) is 19.3 Å². The van der Waals surface area contributed by atoms with Crippen molar-refractivity contribution >= 4 is 28.4 Å². The van der Waals surface area contributed by atoms with Crippen LogP contribution in [0.2, 0.25) is 0 Å². The fourth-order valence-electron chi connectivity index (χ4n) is 1.56. The minimum atomic E-state index is 0.341. The maximum absolute atomic E-state index is 4.49. The Kier molecular flexibility index (Phi) is 3.60. The molecule has 6 heteroatoms. The van der Waals surface area contributed by atoms with Gasteiger partial charge >= 0.3 is 0 Å². The molecular weight excluding hydrogens is 329 g/mol. The van der Waals surface area contributed by atoms with E-state index in [1.54, 1.807) is 12.5 Å². The van der Waals surface area contributed by atoms with Crippen molar-refractivity contribution in [2.24, 2.45) is 0 Å². The third-order valence-corrected chi connectivity index (χ3v) is 3.22. The van der Waals surface area contributed by atoms with Gasteiger partial charge in [-0.05, 0) is 36.4 Å². The van der Waals surface area contributed by atoms with Gasteiger partial charge in [-0.1, -0.05) is 0 Å². The summed E-state index contributed by atoms with van der Waals surface area (Å²) in [7, 11) is 1.86. The van der Waals surface area contributed by atoms with Gasteiger partial charge in [-0.25, -0.2) is 15.0 Å². The Morgan fingerprint density at radius 1 is 1.35 bits per heavy atom. The number of halogens is 1. The molecule has 0 amide bonds. The maximum atomic E-state index is 4.49. The second-order valence-corrected chi connectivity index (χ2v) is 5.08. The van der Waals surface area contributed by atoms with E-state index in [-0.39, 0.29) is 0 Å². The fourth-order valence-corrected chi connectivity index (χ4v) is 2.08. The van der Waals surface area contributed by atoms with Crippen LogP contribution in [0.3, 0.4) is 0 Å². The molecule has 0 aromatic carbocycles. The zero-order valence-corrected chi connectivity index (χ0v) is 12.1. The van der Waals surface area contributed by atoms with Crippen LogP contribution in [0.5, 0.6) is 0 Å². The Morgan fingerprint density at radius 3 is 2.76 bits per heavy atom. The van der Waals surface area contributed by atoms with E-state index in [0.717, 1.165) is 15.1 Å². The lowest BCUT2D eigenvalue weighted by Crippen LogP contribution is -2.05. The average molecular weight is 343 g/mol. The van der Waals surface area contributed by atoms with Crippen molar-refractivity contribution in [3.63, 3.8) is 0 Å². The molecule has 90 valence electrons. The van der Waals surface area contributed by atoms with Crippen LogP contribution >= 0.6 is 22.6 Å². The van der Waals surface area contributed by atoms with Crippen LogP contribution in [0, 0.1) is 3.57 Å². The van der Waals surface area contributed by atoms with E-state index < -0.39 is 0 Å². The molecule has 2 rings (SSSR count). The molecule has 17 heavy (non-hydrogen) atoms. The molecule has 0 saturated heterocycles. The van der Waals surface area contributed by atoms with E-state index in [9.17, 15) is 0 Å². The SMILES string of the molecule is CNc1nc(-c2cncn2C(C)C)ncc1I. The lowest BCUT2D eigenvalue weighted by molar-refractivity contribution is 0.603. The molecule has 0 unspecified atom stereocenters. The number of nitrogens with zero attached hydrogens (tertiary/aromatic N) is 4. The van der Waals surface area contributed by atoms with Gasteiger partial charge in [-0.15, -0.1) is 0 Å². The highest BCUT2D eigenvalue weighted by Crippen LogP contribution is 2.22. The number of imidazole rings is 1. The van der Waals surface area contributed by atoms with Crippen LogP contribution in [-0.4, -0.2) is 26.6 Å². The summed E-state index contributed by atoms with van der Waals surface area (Å²) in [6.07, 6.45) is 5.41. The third-order valence-electron chi connectivity index (χ3n) is 2.43. The molecule has 5 nitrogen and oxygen atoms in total. The third kappa shape index (κ3) is 2.41. The molecule has 1 N–H and O–H groups in total. The van der Waals surface area contributed by atoms with Crippen LogP contribution < -0.4 is 5.32 Å². The first-order chi connectivity index (χ1) is 8.13. The Bertz CT molecular complexity index is 520. The number of hydrogen-bond acceptors (Lipinski definition) is 4. The van der Waals surface area contributed by atoms with E-state index in [0.29, 0.717) is 11.9 Å². The normalized spacial score (nSPS) is 10.9. The van der Waals surface area contributed by atoms with Crippen molar-refractivity contribution in [1.29, 1.82) is 0 Å². The summed E-state index contributed by atoms with van der Waals surface area (Å²) in [5, 5.41) is 3.06. The first kappa shape index (κ1) is 12.3. The monoisotopic (exact) mass is 343 g/mol. The molecule has 0 saturated carbocycles. The molecule has 0 radical (unpaired) electrons. The molecule has 0 bridgehead atoms. The lowest BCUT2D eigenvalue weighted by Gasteiger charge is -2.11. The molecule has 2 heterocycles. The molecule has 2 aromatic heterocycles. The predicted octanol–water partition coefficient (Wildman–Crippen LogP) is 2.57. The maximum Gasteiger partial charge on any atom is 0.179 e. The van der Waals surface area contributed by atoms with Crippen molar-refractivity contribution in [3.05, 3.63) is 22.3 Å². The van der Waals surface area contributed by atoms with Gasteiger partial charge in [-0.3, -0.25) is 0 Å². The number of aromatic nitrogens is 4. The second-order valence-electron chi connectivity index (χ2n) is 3.92. The van der Waals surface area contributed by atoms with Crippen LogP contribution in [0.4, 0.5) is 5.82 Å². The van der Waals surface area contributed by atoms with Crippen molar-refractivity contribution in [2.45, 2.75) is 19.9 Å². The van der Waals surface area contributed by atoms with Crippen molar-refractivity contribution in [1.82, 2.24) is 19.5 Å². The molecule has 0 aliphatic carbocycles. The average Bonchev–Trinajstić information content (AvgIpc) is 2.78. The summed E-state index contributed by atoms with van der Waals surface area (Å²) < 4.78 is 3.06. The largest absolute Gasteiger partial charge is 0.372 e. The summed E-state index contributed by atoms with van der Waals surface area (Å²) in [6, 6.07) is 0.341. The van der Waals surface area contributed by atoms with Gasteiger partial charge in [-0.2, -0.15) is 0 Å². The highest BCUT2D eigenvalue weighted by Gasteiger charge is 2.12. The Morgan fingerprint density at radius 2 is 2.12 bits per heavy atom. The van der Waals surface area contributed by atoms with Gasteiger partial charge in [0.05, 0.1) is 16.1 Å². The molecule has 0 aliphatic heterocycles. The topological polar surface area (TPSA) is 55.6 Å². The number of rotatable bonds is 3. The van der Waals surface area contributed by atoms with Crippen molar-refractivity contribution < 1.29 is 0 Å². The predicted molar refractivity (Wildman–Crippen MR) is 75.9 cm³/mol. The second kappa shape index (κ2) is 4.99. The van der Waals surface area contributed by atoms with Gasteiger partial charge in [0.1, 0.15) is 11.5 Å². The Hall–Kier alpha value is -1.18. The van der Waals surface area contributed by atoms with Gasteiger partial charge in [0.15, 0.2) is 5.82 Å². The van der Waals surface area contributed by atoms with E-state index in [1.807, 2.05) is 13.2 Å². The van der Waals surface area contributed by atoms with Gasteiger partial charge < -0.3 is 9.88 Å². The molecule has 0 fully saturated rings. The van der Waals surface area contributed by atoms with Crippen LogP contribution in [0.15, 0.2) is 18.7 Å². The minimum Gasteiger partial charge on any atom is -0.372 e. The first-order valence-electron chi connectivity index (χ1n) is 5.36. The number of nitrogens with one attached hydrogen (secondary N) is 1. The molecular formula is C11H14IN5. The molecule has 0 aliphatic rings. The van der Waals surface area contributed by atoms with Gasteiger partial charge in [0.25, 0.3) is 0 Å². The molecule has 0 spiro atoms. The summed E-state index contributed by atoms with van der Waals surface area (Å²) in [5.41, 5.74) is 0.938. The Labute approximate surface area is 114 Å². The number of anilines is 1. The summed E-state index contributed by atoms with van der Waals surface area (Å²) >= 11 is 2.21. The van der Waals surface area contributed by atoms with Crippen molar-refractivity contribution in [3.8, 4) is 11.5 Å².